The highest BCUT2D eigenvalue weighted by Gasteiger charge is 2.20. The second kappa shape index (κ2) is 23.4. The molecule has 0 aliphatic rings. The fourth-order valence-electron chi connectivity index (χ4n) is 5.71. The molecule has 50 heavy (non-hydrogen) atoms. The van der Waals surface area contributed by atoms with Crippen molar-refractivity contribution in [1.29, 1.82) is 0 Å². The maximum atomic E-state index is 4.26. The predicted molar refractivity (Wildman–Crippen MR) is 219 cm³/mol. The van der Waals surface area contributed by atoms with E-state index in [4.69, 9.17) is 0 Å². The van der Waals surface area contributed by atoms with E-state index in [1.54, 1.807) is 11.1 Å². The van der Waals surface area contributed by atoms with Crippen molar-refractivity contribution in [2.75, 3.05) is 0 Å². The van der Waals surface area contributed by atoms with Crippen LogP contribution in [0.3, 0.4) is 0 Å². The van der Waals surface area contributed by atoms with E-state index in [1.807, 2.05) is 92.7 Å². The van der Waals surface area contributed by atoms with Gasteiger partial charge in [-0.25, -0.2) is 0 Å². The van der Waals surface area contributed by atoms with Gasteiger partial charge in [0.1, 0.15) is 0 Å². The summed E-state index contributed by atoms with van der Waals surface area (Å²) in [5.41, 5.74) is 13.9. The third-order valence-corrected chi connectivity index (χ3v) is 8.25. The lowest BCUT2D eigenvalue weighted by atomic mass is 10.0. The van der Waals surface area contributed by atoms with Crippen molar-refractivity contribution < 1.29 is 0 Å². The summed E-state index contributed by atoms with van der Waals surface area (Å²) in [4.78, 5) is 3.72. The third-order valence-electron chi connectivity index (χ3n) is 8.25. The Morgan fingerprint density at radius 2 is 0.900 bits per heavy atom. The topological polar surface area (TPSA) is 42.0 Å². The summed E-state index contributed by atoms with van der Waals surface area (Å²) >= 11 is 0. The first-order valence-electron chi connectivity index (χ1n) is 18.1. The number of rotatable bonds is 8. The average molecular weight is 667 g/mol. The molecule has 4 aromatic carbocycles. The molecule has 0 aliphatic carbocycles. The molecular weight excluding hydrogens is 609 g/mol. The van der Waals surface area contributed by atoms with E-state index in [9.17, 15) is 0 Å². The van der Waals surface area contributed by atoms with E-state index in [1.165, 1.54) is 22.6 Å². The first-order valence-corrected chi connectivity index (χ1v) is 18.1. The van der Waals surface area contributed by atoms with Crippen LogP contribution in [0.25, 0.3) is 5.69 Å². The van der Waals surface area contributed by atoms with E-state index in [0.717, 1.165) is 66.7 Å². The van der Waals surface area contributed by atoms with Gasteiger partial charge in [-0.15, -0.1) is 11.8 Å². The summed E-state index contributed by atoms with van der Waals surface area (Å²) in [5, 5.41) is 8.52. The minimum Gasteiger partial charge on any atom is -0.317 e. The molecule has 4 nitrogen and oxygen atoms in total. The van der Waals surface area contributed by atoms with Gasteiger partial charge in [0.2, 0.25) is 0 Å². The largest absolute Gasteiger partial charge is 0.317 e. The van der Waals surface area contributed by atoms with Crippen molar-refractivity contribution in [3.8, 4) is 17.5 Å². The Morgan fingerprint density at radius 1 is 0.500 bits per heavy atom. The monoisotopic (exact) mass is 666 g/mol. The molecular formula is C46H58N4. The van der Waals surface area contributed by atoms with Gasteiger partial charge < -0.3 is 4.57 Å². The first-order chi connectivity index (χ1) is 24.3. The number of azo groups is 1. The number of aromatic nitrogens is 1. The van der Waals surface area contributed by atoms with Gasteiger partial charge >= 0.3 is 0 Å². The second-order valence-electron chi connectivity index (χ2n) is 11.7. The number of aryl methyl sites for hydroxylation is 3. The maximum Gasteiger partial charge on any atom is 0.0886 e. The van der Waals surface area contributed by atoms with Crippen LogP contribution in [0.4, 0.5) is 17.1 Å². The Labute approximate surface area is 303 Å². The van der Waals surface area contributed by atoms with Gasteiger partial charge in [-0.1, -0.05) is 114 Å². The Bertz CT molecular complexity index is 1730. The number of benzene rings is 4. The SMILES string of the molecule is C=Nc1ccccc1.CCC#CCC.CCc1c(CC)c(CC)n(-c2ccccc2C)c1CC.Cc1ccccc1N=Nc1ccccc1C. The van der Waals surface area contributed by atoms with Gasteiger partial charge in [0.25, 0.3) is 0 Å². The van der Waals surface area contributed by atoms with Crippen molar-refractivity contribution in [1.82, 2.24) is 4.57 Å². The Balaban J connectivity index is 0.000000256. The van der Waals surface area contributed by atoms with Crippen LogP contribution in [0, 0.1) is 32.6 Å². The molecule has 0 atom stereocenters. The van der Waals surface area contributed by atoms with Gasteiger partial charge in [-0.2, -0.15) is 10.2 Å². The molecule has 1 heterocycles. The zero-order valence-electron chi connectivity index (χ0n) is 32.1. The fourth-order valence-corrected chi connectivity index (χ4v) is 5.71. The average Bonchev–Trinajstić information content (AvgIpc) is 3.48. The van der Waals surface area contributed by atoms with Crippen LogP contribution in [-0.2, 0) is 25.7 Å². The summed E-state index contributed by atoms with van der Waals surface area (Å²) < 4.78 is 2.53. The number of hydrogen-bond acceptors (Lipinski definition) is 3. The van der Waals surface area contributed by atoms with Crippen molar-refractivity contribution in [3.63, 3.8) is 0 Å². The van der Waals surface area contributed by atoms with Crippen LogP contribution in [0.5, 0.6) is 0 Å². The minimum absolute atomic E-state index is 0.922. The fraction of sp³-hybridized carbons (Fsp3) is 0.326. The Kier molecular flexibility index (Phi) is 19.2. The van der Waals surface area contributed by atoms with Gasteiger partial charge in [-0.05, 0) is 111 Å². The lowest BCUT2D eigenvalue weighted by molar-refractivity contribution is 0.848. The lowest BCUT2D eigenvalue weighted by Gasteiger charge is -2.15. The molecule has 5 aromatic rings. The highest BCUT2D eigenvalue weighted by atomic mass is 15.1. The maximum absolute atomic E-state index is 4.26. The molecule has 1 aromatic heterocycles. The third kappa shape index (κ3) is 12.5. The molecule has 0 radical (unpaired) electrons. The van der Waals surface area contributed by atoms with Gasteiger partial charge in [0.05, 0.1) is 17.1 Å². The van der Waals surface area contributed by atoms with E-state index < -0.39 is 0 Å². The smallest absolute Gasteiger partial charge is 0.0886 e. The van der Waals surface area contributed by atoms with Crippen LogP contribution >= 0.6 is 0 Å². The minimum atomic E-state index is 0.922. The molecule has 0 aliphatic heterocycles. The molecule has 0 amide bonds. The van der Waals surface area contributed by atoms with Gasteiger partial charge in [0.15, 0.2) is 0 Å². The predicted octanol–water partition coefficient (Wildman–Crippen LogP) is 13.6. The van der Waals surface area contributed by atoms with Gasteiger partial charge in [0, 0.05) is 29.9 Å². The summed E-state index contributed by atoms with van der Waals surface area (Å²) in [6.07, 6.45) is 6.47. The van der Waals surface area contributed by atoms with Crippen LogP contribution in [0.2, 0.25) is 0 Å². The zero-order chi connectivity index (χ0) is 36.7. The standard InChI is InChI=1S/C19H27N.C14H14N2.C7H7N.C6H10/c1-6-15-16(7-2)18(9-4)20(17(15)8-3)19-13-11-10-12-14(19)5;1-11-7-3-5-9-13(11)15-16-14-10-6-4-8-12(14)2;1-8-7-5-3-2-4-6-7;1-3-5-6-4-2/h10-13H,6-9H2,1-5H3;3-10H,1-2H3;2-6H,1H2;3-4H2,1-2H3. The van der Waals surface area contributed by atoms with Crippen LogP contribution in [0.1, 0.15) is 93.6 Å². The molecule has 0 spiro atoms. The van der Waals surface area contributed by atoms with E-state index in [-0.39, 0.29) is 0 Å². The van der Waals surface area contributed by atoms with Crippen LogP contribution < -0.4 is 0 Å². The highest BCUT2D eigenvalue weighted by molar-refractivity contribution is 5.51. The quantitative estimate of drug-likeness (QED) is 0.0898. The molecule has 262 valence electrons. The summed E-state index contributed by atoms with van der Waals surface area (Å²) in [6.45, 7) is 22.9. The number of para-hydroxylation sites is 2. The first kappa shape index (κ1) is 41.2. The molecule has 0 N–H and O–H groups in total. The second-order valence-corrected chi connectivity index (χ2v) is 11.7. The Morgan fingerprint density at radius 3 is 1.24 bits per heavy atom. The van der Waals surface area contributed by atoms with Crippen LogP contribution in [0.15, 0.2) is 118 Å². The molecule has 4 heteroatoms. The van der Waals surface area contributed by atoms with Crippen molar-refractivity contribution in [3.05, 3.63) is 142 Å². The number of hydrogen-bond donors (Lipinski definition) is 0. The van der Waals surface area contributed by atoms with E-state index in [0.29, 0.717) is 0 Å². The molecule has 0 saturated carbocycles. The summed E-state index contributed by atoms with van der Waals surface area (Å²) in [5.74, 6) is 5.90. The van der Waals surface area contributed by atoms with Gasteiger partial charge in [-0.3, -0.25) is 4.99 Å². The van der Waals surface area contributed by atoms with Crippen LogP contribution in [-0.4, -0.2) is 11.3 Å². The van der Waals surface area contributed by atoms with Crippen molar-refractivity contribution in [2.45, 2.75) is 101 Å². The van der Waals surface area contributed by atoms with Crippen molar-refractivity contribution >= 4 is 23.8 Å². The summed E-state index contributed by atoms with van der Waals surface area (Å²) in [6, 6.07) is 34.3. The number of aliphatic imine (C=N–C) groups is 1. The molecule has 5 rings (SSSR count). The zero-order valence-corrected chi connectivity index (χ0v) is 32.1. The molecule has 0 bridgehead atoms. The Hall–Kier alpha value is -5.01. The van der Waals surface area contributed by atoms with E-state index in [2.05, 4.69) is 111 Å². The van der Waals surface area contributed by atoms with E-state index >= 15 is 0 Å². The summed E-state index contributed by atoms with van der Waals surface area (Å²) in [7, 11) is 0. The number of nitrogens with zero attached hydrogens (tertiary/aromatic N) is 4. The molecule has 0 fully saturated rings. The molecule has 0 unspecified atom stereocenters. The lowest BCUT2D eigenvalue weighted by Crippen LogP contribution is -2.06. The van der Waals surface area contributed by atoms with Crippen molar-refractivity contribution in [2.24, 2.45) is 15.2 Å². The normalized spacial score (nSPS) is 10.0. The highest BCUT2D eigenvalue weighted by Crippen LogP contribution is 2.30. The molecule has 0 saturated heterocycles.